The Bertz CT molecular complexity index is 770. The molecule has 0 atom stereocenters. The second-order valence-corrected chi connectivity index (χ2v) is 4.60. The van der Waals surface area contributed by atoms with Crippen molar-refractivity contribution in [1.29, 1.82) is 0 Å². The summed E-state index contributed by atoms with van der Waals surface area (Å²) in [5.41, 5.74) is -0.0374. The lowest BCUT2D eigenvalue weighted by Crippen LogP contribution is -2.24. The quantitative estimate of drug-likeness (QED) is 0.674. The summed E-state index contributed by atoms with van der Waals surface area (Å²) in [6.45, 7) is 3.29. The molecule has 1 aromatic carbocycles. The van der Waals surface area contributed by atoms with Crippen LogP contribution in [0.4, 0.5) is 5.69 Å². The fourth-order valence-corrected chi connectivity index (χ4v) is 2.13. The first kappa shape index (κ1) is 14.7. The summed E-state index contributed by atoms with van der Waals surface area (Å²) in [6, 6.07) is 6.58. The maximum Gasteiger partial charge on any atom is 0.351 e. The number of carboxylic acids is 1. The van der Waals surface area contributed by atoms with Gasteiger partial charge < -0.3 is 14.4 Å². The molecule has 0 amide bonds. The summed E-state index contributed by atoms with van der Waals surface area (Å²) in [7, 11) is 0. The summed E-state index contributed by atoms with van der Waals surface area (Å²) in [4.78, 5) is 24.5. The van der Waals surface area contributed by atoms with Gasteiger partial charge in [-0.1, -0.05) is 12.8 Å². The summed E-state index contributed by atoms with van der Waals surface area (Å²) >= 11 is 0. The van der Waals surface area contributed by atoms with Crippen LogP contribution in [0.2, 0.25) is 0 Å². The molecule has 5 heteroatoms. The molecule has 1 N–H and O–H groups in total. The van der Waals surface area contributed by atoms with Gasteiger partial charge in [-0.25, -0.2) is 9.59 Å². The maximum atomic E-state index is 11.6. The molecule has 1 aromatic heterocycles. The molecule has 1 heterocycles. The molecule has 0 fully saturated rings. The third kappa shape index (κ3) is 3.06. The average Bonchev–Trinajstić information content (AvgIpc) is 2.45. The molecule has 0 aliphatic carbocycles. The largest absolute Gasteiger partial charge is 0.477 e. The number of terminal acetylenes is 1. The van der Waals surface area contributed by atoms with E-state index in [9.17, 15) is 9.59 Å². The fourth-order valence-electron chi connectivity index (χ4n) is 2.13. The topological polar surface area (TPSA) is 70.8 Å². The minimum absolute atomic E-state index is 0.348. The smallest absolute Gasteiger partial charge is 0.351 e. The number of hydrogen-bond acceptors (Lipinski definition) is 4. The standard InChI is InChI=1S/C16H15NO4/c1-3-7-17(8-4-2)12-6-5-11-9-13(15(18)19)16(20)21-14(11)10-12/h1,5-6,9-10H,4,7-8H2,2H3,(H,18,19). The minimum atomic E-state index is -1.30. The van der Waals surface area contributed by atoms with Crippen molar-refractivity contribution in [3.05, 3.63) is 40.2 Å². The lowest BCUT2D eigenvalue weighted by atomic mass is 10.1. The fraction of sp³-hybridized carbons (Fsp3) is 0.250. The Morgan fingerprint density at radius 1 is 1.43 bits per heavy atom. The SMILES string of the molecule is C#CCN(CCC)c1ccc2cc(C(=O)O)c(=O)oc2c1. The van der Waals surface area contributed by atoms with Crippen LogP contribution in [0, 0.1) is 12.3 Å². The number of hydrogen-bond donors (Lipinski definition) is 1. The predicted octanol–water partition coefficient (Wildman–Crippen LogP) is 2.34. The van der Waals surface area contributed by atoms with Crippen LogP contribution >= 0.6 is 0 Å². The lowest BCUT2D eigenvalue weighted by Gasteiger charge is -2.21. The summed E-state index contributed by atoms with van der Waals surface area (Å²) < 4.78 is 5.09. The normalized spacial score (nSPS) is 10.3. The second kappa shape index (κ2) is 6.14. The predicted molar refractivity (Wildman–Crippen MR) is 80.8 cm³/mol. The number of benzene rings is 1. The Kier molecular flexibility index (Phi) is 4.29. The van der Waals surface area contributed by atoms with E-state index < -0.39 is 11.6 Å². The van der Waals surface area contributed by atoms with E-state index in [0.29, 0.717) is 17.5 Å². The van der Waals surface area contributed by atoms with Crippen molar-refractivity contribution < 1.29 is 14.3 Å². The molecule has 0 saturated carbocycles. The minimum Gasteiger partial charge on any atom is -0.477 e. The first-order valence-electron chi connectivity index (χ1n) is 6.56. The van der Waals surface area contributed by atoms with Gasteiger partial charge in [0.05, 0.1) is 6.54 Å². The molecule has 0 radical (unpaired) electrons. The molecular weight excluding hydrogens is 270 g/mol. The van der Waals surface area contributed by atoms with Crippen LogP contribution in [-0.2, 0) is 0 Å². The first-order valence-corrected chi connectivity index (χ1v) is 6.56. The first-order chi connectivity index (χ1) is 10.1. The number of nitrogens with zero attached hydrogens (tertiary/aromatic N) is 1. The van der Waals surface area contributed by atoms with Gasteiger partial charge in [0.25, 0.3) is 0 Å². The molecular formula is C16H15NO4. The monoisotopic (exact) mass is 285 g/mol. The van der Waals surface area contributed by atoms with Crippen LogP contribution < -0.4 is 10.5 Å². The molecule has 0 aliphatic heterocycles. The van der Waals surface area contributed by atoms with Crippen LogP contribution in [0.15, 0.2) is 33.5 Å². The molecule has 0 aliphatic rings. The van der Waals surface area contributed by atoms with Gasteiger partial charge in [-0.2, -0.15) is 0 Å². The van der Waals surface area contributed by atoms with Gasteiger partial charge in [0, 0.05) is 23.7 Å². The molecule has 0 saturated heterocycles. The van der Waals surface area contributed by atoms with E-state index in [1.807, 2.05) is 17.9 Å². The molecule has 0 unspecified atom stereocenters. The number of carboxylic acid groups (broad SMARTS) is 1. The Labute approximate surface area is 121 Å². The van der Waals surface area contributed by atoms with Crippen molar-refractivity contribution in [2.45, 2.75) is 13.3 Å². The summed E-state index contributed by atoms with van der Waals surface area (Å²) in [5, 5.41) is 9.48. The second-order valence-electron chi connectivity index (χ2n) is 4.60. The zero-order valence-corrected chi connectivity index (χ0v) is 11.6. The zero-order valence-electron chi connectivity index (χ0n) is 11.6. The van der Waals surface area contributed by atoms with Crippen molar-refractivity contribution in [1.82, 2.24) is 0 Å². The molecule has 0 spiro atoms. The van der Waals surface area contributed by atoms with E-state index in [1.165, 1.54) is 6.07 Å². The maximum absolute atomic E-state index is 11.6. The van der Waals surface area contributed by atoms with E-state index in [-0.39, 0.29) is 5.56 Å². The Hall–Kier alpha value is -2.74. The third-order valence-corrected chi connectivity index (χ3v) is 3.09. The van der Waals surface area contributed by atoms with Crippen LogP contribution in [0.25, 0.3) is 11.0 Å². The van der Waals surface area contributed by atoms with E-state index in [1.54, 1.807) is 12.1 Å². The molecule has 5 nitrogen and oxygen atoms in total. The number of aromatic carboxylic acids is 1. The lowest BCUT2D eigenvalue weighted by molar-refractivity contribution is 0.0692. The highest BCUT2D eigenvalue weighted by Crippen LogP contribution is 2.22. The zero-order chi connectivity index (χ0) is 15.4. The number of rotatable bonds is 5. The van der Waals surface area contributed by atoms with Gasteiger partial charge in [0.2, 0.25) is 0 Å². The van der Waals surface area contributed by atoms with Gasteiger partial charge in [0.1, 0.15) is 11.1 Å². The highest BCUT2D eigenvalue weighted by atomic mass is 16.4. The van der Waals surface area contributed by atoms with Crippen molar-refractivity contribution in [3.63, 3.8) is 0 Å². The van der Waals surface area contributed by atoms with E-state index in [2.05, 4.69) is 5.92 Å². The van der Waals surface area contributed by atoms with Crippen LogP contribution in [-0.4, -0.2) is 24.2 Å². The molecule has 0 bridgehead atoms. The number of carbonyl (C=O) groups is 1. The van der Waals surface area contributed by atoms with Gasteiger partial charge in [0.15, 0.2) is 0 Å². The van der Waals surface area contributed by atoms with Crippen molar-refractivity contribution in [2.24, 2.45) is 0 Å². The van der Waals surface area contributed by atoms with Crippen molar-refractivity contribution in [2.75, 3.05) is 18.0 Å². The Balaban J connectivity index is 2.51. The third-order valence-electron chi connectivity index (χ3n) is 3.09. The van der Waals surface area contributed by atoms with Crippen LogP contribution in [0.3, 0.4) is 0 Å². The number of anilines is 1. The highest BCUT2D eigenvalue weighted by Gasteiger charge is 2.13. The molecule has 2 aromatic rings. The van der Waals surface area contributed by atoms with Gasteiger partial charge in [-0.15, -0.1) is 6.42 Å². The van der Waals surface area contributed by atoms with E-state index in [4.69, 9.17) is 15.9 Å². The van der Waals surface area contributed by atoms with E-state index in [0.717, 1.165) is 18.7 Å². The van der Waals surface area contributed by atoms with Gasteiger partial charge in [-0.3, -0.25) is 0 Å². The van der Waals surface area contributed by atoms with Gasteiger partial charge >= 0.3 is 11.6 Å². The summed E-state index contributed by atoms with van der Waals surface area (Å²) in [6.07, 6.45) is 6.29. The molecule has 108 valence electrons. The van der Waals surface area contributed by atoms with Crippen LogP contribution in [0.5, 0.6) is 0 Å². The van der Waals surface area contributed by atoms with Crippen molar-refractivity contribution in [3.8, 4) is 12.3 Å². The average molecular weight is 285 g/mol. The van der Waals surface area contributed by atoms with Gasteiger partial charge in [-0.05, 0) is 24.6 Å². The number of fused-ring (bicyclic) bond motifs is 1. The highest BCUT2D eigenvalue weighted by molar-refractivity contribution is 5.92. The van der Waals surface area contributed by atoms with Crippen LogP contribution in [0.1, 0.15) is 23.7 Å². The van der Waals surface area contributed by atoms with E-state index >= 15 is 0 Å². The molecule has 2 rings (SSSR count). The molecule has 21 heavy (non-hydrogen) atoms. The summed E-state index contributed by atoms with van der Waals surface area (Å²) in [5.74, 6) is 1.29. The van der Waals surface area contributed by atoms with Crippen molar-refractivity contribution >= 4 is 22.6 Å². The Morgan fingerprint density at radius 3 is 2.81 bits per heavy atom. The Morgan fingerprint density at radius 2 is 2.19 bits per heavy atom.